The number of hydrogen-bond donors (Lipinski definition) is 2. The second-order valence-electron chi connectivity index (χ2n) is 6.53. The van der Waals surface area contributed by atoms with Crippen LogP contribution in [0.15, 0.2) is 72.2 Å². The molecule has 146 valence electrons. The van der Waals surface area contributed by atoms with Gasteiger partial charge in [0.05, 0.1) is 18.2 Å². The van der Waals surface area contributed by atoms with Gasteiger partial charge in [-0.2, -0.15) is 10.1 Å². The molecule has 1 unspecified atom stereocenters. The van der Waals surface area contributed by atoms with Crippen LogP contribution >= 0.6 is 0 Å². The average Bonchev–Trinajstić information content (AvgIpc) is 3.21. The second kappa shape index (κ2) is 7.59. The number of carbonyl (C=O) groups excluding carboxylic acids is 2. The van der Waals surface area contributed by atoms with E-state index in [9.17, 15) is 9.59 Å². The number of carbonyl (C=O) groups is 2. The van der Waals surface area contributed by atoms with E-state index in [2.05, 4.69) is 20.7 Å². The van der Waals surface area contributed by atoms with E-state index in [0.29, 0.717) is 28.5 Å². The van der Waals surface area contributed by atoms with Crippen molar-refractivity contribution in [1.29, 1.82) is 0 Å². The highest BCUT2D eigenvalue weighted by Crippen LogP contribution is 2.35. The highest BCUT2D eigenvalue weighted by molar-refractivity contribution is 6.06. The van der Waals surface area contributed by atoms with Gasteiger partial charge < -0.3 is 15.4 Å². The Labute approximate surface area is 167 Å². The second-order valence-corrected chi connectivity index (χ2v) is 6.53. The van der Waals surface area contributed by atoms with Gasteiger partial charge in [-0.3, -0.25) is 4.79 Å². The molecule has 2 aromatic carbocycles. The Morgan fingerprint density at radius 2 is 1.83 bits per heavy atom. The zero-order valence-corrected chi connectivity index (χ0v) is 15.9. The maximum absolute atomic E-state index is 13.2. The number of amides is 1. The first-order valence-corrected chi connectivity index (χ1v) is 9.00. The molecule has 0 saturated heterocycles. The Morgan fingerprint density at radius 3 is 2.52 bits per heavy atom. The number of benzene rings is 2. The first kappa shape index (κ1) is 18.4. The van der Waals surface area contributed by atoms with Gasteiger partial charge in [0.2, 0.25) is 5.95 Å². The van der Waals surface area contributed by atoms with E-state index in [0.717, 1.165) is 5.56 Å². The molecule has 1 aromatic heterocycles. The summed E-state index contributed by atoms with van der Waals surface area (Å²) in [5, 5.41) is 10.4. The molecular weight excluding hydrogens is 370 g/mol. The molecule has 2 N–H and O–H groups in total. The van der Waals surface area contributed by atoms with E-state index in [1.54, 1.807) is 28.9 Å². The first-order valence-electron chi connectivity index (χ1n) is 9.00. The normalized spacial score (nSPS) is 15.3. The van der Waals surface area contributed by atoms with E-state index in [1.165, 1.54) is 13.4 Å². The average molecular weight is 389 g/mol. The third kappa shape index (κ3) is 3.47. The van der Waals surface area contributed by atoms with Crippen molar-refractivity contribution < 1.29 is 14.3 Å². The third-order valence-electron chi connectivity index (χ3n) is 4.72. The Hall–Kier alpha value is -3.94. The molecule has 1 aliphatic rings. The maximum atomic E-state index is 13.2. The molecule has 3 aromatic rings. The minimum absolute atomic E-state index is 0.246. The molecule has 2 heterocycles. The minimum Gasteiger partial charge on any atom is -0.465 e. The number of methoxy groups -OCH3 is 1. The highest BCUT2D eigenvalue weighted by atomic mass is 16.5. The molecule has 0 aliphatic carbocycles. The molecule has 8 nitrogen and oxygen atoms in total. The minimum atomic E-state index is -0.496. The van der Waals surface area contributed by atoms with E-state index in [1.807, 2.05) is 37.3 Å². The van der Waals surface area contributed by atoms with Crippen LogP contribution < -0.4 is 10.6 Å². The fraction of sp³-hybridized carbons (Fsp3) is 0.143. The summed E-state index contributed by atoms with van der Waals surface area (Å²) < 4.78 is 6.41. The number of para-hydroxylation sites is 1. The number of anilines is 2. The number of nitrogens with zero attached hydrogens (tertiary/aromatic N) is 3. The Bertz CT molecular complexity index is 1090. The SMILES string of the molecule is COC(=O)c1ccc(C2C(C(=O)Nc3ccccc3)=C(C)Nc3ncnn32)cc1. The quantitative estimate of drug-likeness (QED) is 0.666. The largest absolute Gasteiger partial charge is 0.465 e. The van der Waals surface area contributed by atoms with Gasteiger partial charge in [-0.05, 0) is 36.8 Å². The fourth-order valence-electron chi connectivity index (χ4n) is 3.33. The Balaban J connectivity index is 1.74. The highest BCUT2D eigenvalue weighted by Gasteiger charge is 2.33. The van der Waals surface area contributed by atoms with Crippen molar-refractivity contribution in [3.8, 4) is 0 Å². The van der Waals surface area contributed by atoms with Crippen molar-refractivity contribution in [1.82, 2.24) is 14.8 Å². The van der Waals surface area contributed by atoms with Gasteiger partial charge in [0.15, 0.2) is 0 Å². The van der Waals surface area contributed by atoms with Gasteiger partial charge in [-0.15, -0.1) is 0 Å². The van der Waals surface area contributed by atoms with Crippen molar-refractivity contribution in [2.75, 3.05) is 17.7 Å². The Kier molecular flexibility index (Phi) is 4.82. The van der Waals surface area contributed by atoms with Crippen LogP contribution in [0.2, 0.25) is 0 Å². The van der Waals surface area contributed by atoms with Crippen LogP contribution in [0.1, 0.15) is 28.9 Å². The van der Waals surface area contributed by atoms with Crippen molar-refractivity contribution >= 4 is 23.5 Å². The molecule has 4 rings (SSSR count). The molecule has 29 heavy (non-hydrogen) atoms. The zero-order valence-electron chi connectivity index (χ0n) is 15.9. The van der Waals surface area contributed by atoms with Crippen LogP contribution in [0.3, 0.4) is 0 Å². The lowest BCUT2D eigenvalue weighted by atomic mass is 9.94. The predicted octanol–water partition coefficient (Wildman–Crippen LogP) is 2.99. The van der Waals surface area contributed by atoms with Crippen molar-refractivity contribution in [3.63, 3.8) is 0 Å². The number of nitrogens with one attached hydrogen (secondary N) is 2. The molecule has 0 radical (unpaired) electrons. The molecule has 0 fully saturated rings. The van der Waals surface area contributed by atoms with E-state index in [-0.39, 0.29) is 5.91 Å². The topological polar surface area (TPSA) is 98.1 Å². The summed E-state index contributed by atoms with van der Waals surface area (Å²) in [5.41, 5.74) is 3.11. The molecule has 0 spiro atoms. The maximum Gasteiger partial charge on any atom is 0.337 e. The van der Waals surface area contributed by atoms with E-state index < -0.39 is 12.0 Å². The predicted molar refractivity (Wildman–Crippen MR) is 107 cm³/mol. The van der Waals surface area contributed by atoms with Crippen LogP contribution in [0, 0.1) is 0 Å². The molecule has 0 bridgehead atoms. The summed E-state index contributed by atoms with van der Waals surface area (Å²) >= 11 is 0. The summed E-state index contributed by atoms with van der Waals surface area (Å²) in [7, 11) is 1.34. The third-order valence-corrected chi connectivity index (χ3v) is 4.72. The smallest absolute Gasteiger partial charge is 0.337 e. The van der Waals surface area contributed by atoms with Gasteiger partial charge >= 0.3 is 5.97 Å². The Morgan fingerprint density at radius 1 is 1.10 bits per heavy atom. The van der Waals surface area contributed by atoms with Crippen LogP contribution in [0.25, 0.3) is 0 Å². The number of esters is 1. The molecule has 8 heteroatoms. The summed E-state index contributed by atoms with van der Waals surface area (Å²) in [6.07, 6.45) is 1.43. The van der Waals surface area contributed by atoms with Crippen LogP contribution in [-0.2, 0) is 9.53 Å². The van der Waals surface area contributed by atoms with E-state index >= 15 is 0 Å². The van der Waals surface area contributed by atoms with Crippen LogP contribution in [0.5, 0.6) is 0 Å². The zero-order chi connectivity index (χ0) is 20.4. The lowest BCUT2D eigenvalue weighted by Crippen LogP contribution is -2.31. The van der Waals surface area contributed by atoms with Gasteiger partial charge in [0.25, 0.3) is 5.91 Å². The molecule has 1 amide bonds. The van der Waals surface area contributed by atoms with Gasteiger partial charge in [0, 0.05) is 11.4 Å². The lowest BCUT2D eigenvalue weighted by Gasteiger charge is -2.28. The number of hydrogen-bond acceptors (Lipinski definition) is 6. The monoisotopic (exact) mass is 389 g/mol. The van der Waals surface area contributed by atoms with Crippen LogP contribution in [-0.4, -0.2) is 33.8 Å². The van der Waals surface area contributed by atoms with Crippen LogP contribution in [0.4, 0.5) is 11.6 Å². The van der Waals surface area contributed by atoms with Crippen molar-refractivity contribution in [2.45, 2.75) is 13.0 Å². The number of ether oxygens (including phenoxy) is 1. The van der Waals surface area contributed by atoms with Gasteiger partial charge in [-0.25, -0.2) is 9.48 Å². The standard InChI is InChI=1S/C21H19N5O3/c1-13-17(19(27)25-16-6-4-3-5-7-16)18(26-21(24-13)22-12-23-26)14-8-10-15(11-9-14)20(28)29-2/h3-12,18H,1-2H3,(H,25,27)(H,22,23,24). The lowest BCUT2D eigenvalue weighted by molar-refractivity contribution is -0.113. The fourth-order valence-corrected chi connectivity index (χ4v) is 3.33. The molecule has 0 saturated carbocycles. The summed E-state index contributed by atoms with van der Waals surface area (Å²) in [6.45, 7) is 1.83. The van der Waals surface area contributed by atoms with Gasteiger partial charge in [0.1, 0.15) is 12.4 Å². The molecule has 1 aliphatic heterocycles. The number of aromatic nitrogens is 3. The summed E-state index contributed by atoms with van der Waals surface area (Å²) in [6, 6.07) is 15.7. The van der Waals surface area contributed by atoms with Gasteiger partial charge in [-0.1, -0.05) is 30.3 Å². The number of rotatable bonds is 4. The summed E-state index contributed by atoms with van der Waals surface area (Å²) in [5.74, 6) is -0.123. The first-order chi connectivity index (χ1) is 14.1. The summed E-state index contributed by atoms with van der Waals surface area (Å²) in [4.78, 5) is 29.1. The van der Waals surface area contributed by atoms with Crippen molar-refractivity contribution in [3.05, 3.63) is 83.3 Å². The number of fused-ring (bicyclic) bond motifs is 1. The molecule has 1 atom stereocenters. The number of allylic oxidation sites excluding steroid dienone is 1. The van der Waals surface area contributed by atoms with E-state index in [4.69, 9.17) is 4.74 Å². The molecular formula is C21H19N5O3. The van der Waals surface area contributed by atoms with Crippen molar-refractivity contribution in [2.24, 2.45) is 0 Å².